The van der Waals surface area contributed by atoms with Gasteiger partial charge in [0.2, 0.25) is 15.9 Å². The number of nitrogens with one attached hydrogen (secondary N) is 1. The van der Waals surface area contributed by atoms with E-state index in [0.717, 1.165) is 5.56 Å². The maximum Gasteiger partial charge on any atom is 0.322 e. The molecule has 2 aromatic carbocycles. The lowest BCUT2D eigenvalue weighted by molar-refractivity contribution is 0.102. The van der Waals surface area contributed by atoms with Gasteiger partial charge in [0.1, 0.15) is 13.2 Å². The fourth-order valence-corrected chi connectivity index (χ4v) is 4.78. The van der Waals surface area contributed by atoms with Crippen molar-refractivity contribution in [2.45, 2.75) is 11.3 Å². The Kier molecular flexibility index (Phi) is 7.28. The summed E-state index contributed by atoms with van der Waals surface area (Å²) in [7, 11) is -3.76. The monoisotopic (exact) mass is 496 g/mol. The minimum absolute atomic E-state index is 0.0530. The number of hydrogen-bond donors (Lipinski definition) is 1. The number of hydrogen-bond acceptors (Lipinski definition) is 8. The molecule has 0 spiro atoms. The Balaban J connectivity index is 1.40. The van der Waals surface area contributed by atoms with Gasteiger partial charge < -0.3 is 13.9 Å². The van der Waals surface area contributed by atoms with Crippen LogP contribution in [0.15, 0.2) is 77.1 Å². The van der Waals surface area contributed by atoms with E-state index in [2.05, 4.69) is 28.7 Å². The summed E-state index contributed by atoms with van der Waals surface area (Å²) in [5.41, 5.74) is 1.11. The Labute approximate surface area is 202 Å². The van der Waals surface area contributed by atoms with E-state index in [1.165, 1.54) is 40.7 Å². The number of rotatable bonds is 10. The first-order chi connectivity index (χ1) is 16.9. The summed E-state index contributed by atoms with van der Waals surface area (Å²) < 4.78 is 43.4. The summed E-state index contributed by atoms with van der Waals surface area (Å²) in [4.78, 5) is 12.6. The lowest BCUT2D eigenvalue weighted by Crippen LogP contribution is -2.31. The molecular weight excluding hydrogens is 472 g/mol. The van der Waals surface area contributed by atoms with E-state index >= 15 is 0 Å². The van der Waals surface area contributed by atoms with Gasteiger partial charge >= 0.3 is 6.01 Å². The van der Waals surface area contributed by atoms with Gasteiger partial charge in [-0.1, -0.05) is 23.3 Å². The maximum atomic E-state index is 12.8. The quantitative estimate of drug-likeness (QED) is 0.425. The van der Waals surface area contributed by atoms with Crippen molar-refractivity contribution in [1.29, 1.82) is 0 Å². The molecule has 0 unspecified atom stereocenters. The van der Waals surface area contributed by atoms with Crippen LogP contribution in [0, 0.1) is 0 Å². The Morgan fingerprint density at radius 1 is 1.00 bits per heavy atom. The van der Waals surface area contributed by atoms with Crippen molar-refractivity contribution in [3.05, 3.63) is 84.8 Å². The molecule has 2 heterocycles. The smallest absolute Gasteiger partial charge is 0.322 e. The molecule has 1 aliphatic rings. The second kappa shape index (κ2) is 10.5. The summed E-state index contributed by atoms with van der Waals surface area (Å²) in [6.07, 6.45) is 3.34. The zero-order valence-corrected chi connectivity index (χ0v) is 19.7. The van der Waals surface area contributed by atoms with Crippen LogP contribution in [0.5, 0.6) is 11.5 Å². The van der Waals surface area contributed by atoms with Crippen LogP contribution in [0.25, 0.3) is 0 Å². The molecule has 1 N–H and O–H groups in total. The van der Waals surface area contributed by atoms with Crippen LogP contribution in [0.4, 0.5) is 6.01 Å². The number of nitrogens with zero attached hydrogens (tertiary/aromatic N) is 3. The predicted octanol–water partition coefficient (Wildman–Crippen LogP) is 3.05. The molecule has 4 rings (SSSR count). The predicted molar refractivity (Wildman–Crippen MR) is 128 cm³/mol. The van der Waals surface area contributed by atoms with E-state index in [4.69, 9.17) is 13.9 Å². The lowest BCUT2D eigenvalue weighted by atomic mass is 10.1. The van der Waals surface area contributed by atoms with E-state index in [1.54, 1.807) is 0 Å². The van der Waals surface area contributed by atoms with Gasteiger partial charge in [-0.3, -0.25) is 10.1 Å². The largest absolute Gasteiger partial charge is 0.486 e. The van der Waals surface area contributed by atoms with Crippen molar-refractivity contribution in [1.82, 2.24) is 14.5 Å². The van der Waals surface area contributed by atoms with Crippen LogP contribution in [0.3, 0.4) is 0 Å². The third-order valence-electron chi connectivity index (χ3n) is 5.07. The first-order valence-corrected chi connectivity index (χ1v) is 12.2. The zero-order valence-electron chi connectivity index (χ0n) is 18.8. The molecule has 0 aliphatic carbocycles. The molecule has 0 radical (unpaired) electrons. The normalized spacial score (nSPS) is 12.8. The molecule has 10 nitrogen and oxygen atoms in total. The summed E-state index contributed by atoms with van der Waals surface area (Å²) in [6, 6.07) is 11.0. The number of ether oxygens (including phenoxy) is 2. The maximum absolute atomic E-state index is 12.8. The average Bonchev–Trinajstić information content (AvgIpc) is 3.30. The number of amides is 1. The number of anilines is 1. The Morgan fingerprint density at radius 3 is 2.37 bits per heavy atom. The Morgan fingerprint density at radius 2 is 1.69 bits per heavy atom. The van der Waals surface area contributed by atoms with Gasteiger partial charge in [0.25, 0.3) is 5.91 Å². The van der Waals surface area contributed by atoms with Gasteiger partial charge in [-0.2, -0.15) is 4.31 Å². The highest BCUT2D eigenvalue weighted by atomic mass is 32.2. The third-order valence-corrected chi connectivity index (χ3v) is 6.91. The van der Waals surface area contributed by atoms with Crippen LogP contribution >= 0.6 is 0 Å². The molecule has 0 saturated carbocycles. The molecule has 11 heteroatoms. The van der Waals surface area contributed by atoms with E-state index in [-0.39, 0.29) is 29.6 Å². The summed E-state index contributed by atoms with van der Waals surface area (Å²) in [5.74, 6) is 1.14. The summed E-state index contributed by atoms with van der Waals surface area (Å²) in [6.45, 7) is 8.46. The molecule has 1 aliphatic heterocycles. The fraction of sp³-hybridized carbons (Fsp3) is 0.208. The van der Waals surface area contributed by atoms with Crippen molar-refractivity contribution < 1.29 is 27.1 Å². The van der Waals surface area contributed by atoms with Gasteiger partial charge in [-0.15, -0.1) is 18.3 Å². The van der Waals surface area contributed by atoms with Gasteiger partial charge in [-0.25, -0.2) is 8.42 Å². The second-order valence-corrected chi connectivity index (χ2v) is 9.47. The molecule has 1 amide bonds. The summed E-state index contributed by atoms with van der Waals surface area (Å²) in [5, 5.41) is 10.4. The SMILES string of the molecule is C=CCN(CC=C)S(=O)(=O)c1ccc(C(=O)Nc2nnc(Cc3ccc4c(c3)OCCO4)o2)cc1. The number of carbonyl (C=O) groups is 1. The van der Waals surface area contributed by atoms with Gasteiger partial charge in [0.15, 0.2) is 11.5 Å². The van der Waals surface area contributed by atoms with E-state index < -0.39 is 15.9 Å². The highest BCUT2D eigenvalue weighted by molar-refractivity contribution is 7.89. The lowest BCUT2D eigenvalue weighted by Gasteiger charge is -2.19. The highest BCUT2D eigenvalue weighted by Gasteiger charge is 2.23. The second-order valence-electron chi connectivity index (χ2n) is 7.53. The molecule has 0 bridgehead atoms. The molecular formula is C24H24N4O6S. The van der Waals surface area contributed by atoms with Crippen molar-refractivity contribution in [3.63, 3.8) is 0 Å². The number of aromatic nitrogens is 2. The topological polar surface area (TPSA) is 124 Å². The average molecular weight is 497 g/mol. The van der Waals surface area contributed by atoms with Gasteiger partial charge in [0, 0.05) is 18.7 Å². The van der Waals surface area contributed by atoms with Crippen molar-refractivity contribution in [3.8, 4) is 11.5 Å². The van der Waals surface area contributed by atoms with Gasteiger partial charge in [-0.05, 0) is 42.0 Å². The number of carbonyl (C=O) groups excluding carboxylic acids is 1. The van der Waals surface area contributed by atoms with Crippen LogP contribution in [-0.4, -0.2) is 55.1 Å². The third kappa shape index (κ3) is 5.58. The van der Waals surface area contributed by atoms with Crippen molar-refractivity contribution in [2.24, 2.45) is 0 Å². The van der Waals surface area contributed by atoms with E-state index in [9.17, 15) is 13.2 Å². The van der Waals surface area contributed by atoms with E-state index in [1.807, 2.05) is 18.2 Å². The first-order valence-electron chi connectivity index (χ1n) is 10.7. The number of benzene rings is 2. The highest BCUT2D eigenvalue weighted by Crippen LogP contribution is 2.31. The molecule has 0 fully saturated rings. The molecule has 182 valence electrons. The minimum atomic E-state index is -3.76. The van der Waals surface area contributed by atoms with Crippen molar-refractivity contribution >= 4 is 21.9 Å². The standard InChI is InChI=1S/C24H24N4O6S/c1-3-11-28(12-4-2)35(30,31)19-8-6-18(7-9-19)23(29)25-24-27-26-22(34-24)16-17-5-10-20-21(15-17)33-14-13-32-20/h3-10,15H,1-2,11-14,16H2,(H,25,27,29). The Bertz CT molecular complexity index is 1320. The molecule has 35 heavy (non-hydrogen) atoms. The number of sulfonamides is 1. The molecule has 0 atom stereocenters. The van der Waals surface area contributed by atoms with Crippen LogP contribution in [-0.2, 0) is 16.4 Å². The number of fused-ring (bicyclic) bond motifs is 1. The summed E-state index contributed by atoms with van der Waals surface area (Å²) >= 11 is 0. The van der Waals surface area contributed by atoms with Crippen LogP contribution in [0.2, 0.25) is 0 Å². The first kappa shape index (κ1) is 24.2. The van der Waals surface area contributed by atoms with Gasteiger partial charge in [0.05, 0.1) is 11.3 Å². The molecule has 0 saturated heterocycles. The molecule has 1 aromatic heterocycles. The van der Waals surface area contributed by atoms with E-state index in [0.29, 0.717) is 37.0 Å². The Hall–Kier alpha value is -3.96. The van der Waals surface area contributed by atoms with Crippen LogP contribution in [0.1, 0.15) is 21.8 Å². The minimum Gasteiger partial charge on any atom is -0.486 e. The molecule has 3 aromatic rings. The van der Waals surface area contributed by atoms with Crippen LogP contribution < -0.4 is 14.8 Å². The zero-order chi connectivity index (χ0) is 24.8. The fourth-order valence-electron chi connectivity index (χ4n) is 3.40. The van der Waals surface area contributed by atoms with Crippen molar-refractivity contribution in [2.75, 3.05) is 31.6 Å².